The molecule has 0 fully saturated rings. The third-order valence-corrected chi connectivity index (χ3v) is 3.76. The molecule has 2 N–H and O–H groups in total. The van der Waals surface area contributed by atoms with Crippen molar-refractivity contribution in [2.24, 2.45) is 11.1 Å². The summed E-state index contributed by atoms with van der Waals surface area (Å²) in [7, 11) is 0. The Morgan fingerprint density at radius 2 is 1.91 bits per heavy atom. The number of nitrogens with two attached hydrogens (primary N) is 1. The summed E-state index contributed by atoms with van der Waals surface area (Å²) in [6, 6.07) is 9.97. The molecule has 1 aromatic rings. The largest absolute Gasteiger partial charge is 0.386 e. The van der Waals surface area contributed by atoms with E-state index < -0.39 is 0 Å². The van der Waals surface area contributed by atoms with Crippen LogP contribution in [-0.2, 0) is 20.8 Å². The normalized spacial score (nSPS) is 19.3. The summed E-state index contributed by atoms with van der Waals surface area (Å²) < 4.78 is 1.74. The lowest BCUT2D eigenvalue weighted by Crippen LogP contribution is -2.25. The predicted molar refractivity (Wildman–Crippen MR) is 89.2 cm³/mol. The Morgan fingerprint density at radius 1 is 1.30 bits per heavy atom. The molecule has 1 heterocycles. The van der Waals surface area contributed by atoms with Crippen molar-refractivity contribution in [1.29, 1.82) is 0 Å². The summed E-state index contributed by atoms with van der Waals surface area (Å²) in [6.45, 7) is 4.10. The van der Waals surface area contributed by atoms with Crippen LogP contribution in [0.4, 0.5) is 0 Å². The second-order valence-electron chi connectivity index (χ2n) is 5.98. The fourth-order valence-corrected chi connectivity index (χ4v) is 2.65. The van der Waals surface area contributed by atoms with Crippen molar-refractivity contribution < 1.29 is 19.0 Å². The molecule has 0 saturated heterocycles. The second-order valence-corrected chi connectivity index (χ2v) is 5.98. The van der Waals surface area contributed by atoms with E-state index in [2.05, 4.69) is 0 Å². The summed E-state index contributed by atoms with van der Waals surface area (Å²) in [5.74, 6) is -0.204. The van der Waals surface area contributed by atoms with Crippen LogP contribution in [0.25, 0.3) is 0 Å². The van der Waals surface area contributed by atoms with Gasteiger partial charge in [-0.15, -0.1) is 0 Å². The van der Waals surface area contributed by atoms with E-state index in [1.54, 1.807) is 4.58 Å². The fourth-order valence-electron chi connectivity index (χ4n) is 2.65. The van der Waals surface area contributed by atoms with Crippen LogP contribution in [-0.4, -0.2) is 35.4 Å². The molecule has 0 bridgehead atoms. The molecule has 0 spiro atoms. The maximum absolute atomic E-state index is 12.2. The number of nitrogens with zero attached hydrogens (tertiary/aromatic N) is 1. The van der Waals surface area contributed by atoms with Crippen LogP contribution in [0.5, 0.6) is 0 Å². The Hall–Kier alpha value is -2.30. The number of primary amides is 1. The average molecular weight is 317 g/mol. The maximum Gasteiger partial charge on any atom is 0.386 e. The van der Waals surface area contributed by atoms with Gasteiger partial charge < -0.3 is 10.5 Å². The molecule has 5 heteroatoms. The Balaban J connectivity index is 0.000000816. The van der Waals surface area contributed by atoms with Gasteiger partial charge in [0.15, 0.2) is 12.8 Å². The molecule has 0 aromatic heterocycles. The number of carbonyl (C=O) groups is 3. The van der Waals surface area contributed by atoms with Crippen molar-refractivity contribution in [2.75, 3.05) is 6.54 Å². The van der Waals surface area contributed by atoms with Gasteiger partial charge in [0.2, 0.25) is 5.91 Å². The molecular weight excluding hydrogens is 292 g/mol. The summed E-state index contributed by atoms with van der Waals surface area (Å²) >= 11 is 0. The first kappa shape index (κ1) is 18.7. The van der Waals surface area contributed by atoms with Crippen LogP contribution >= 0.6 is 0 Å². The lowest BCUT2D eigenvalue weighted by molar-refractivity contribution is -0.437. The number of rotatable bonds is 5. The van der Waals surface area contributed by atoms with Crippen LogP contribution in [0, 0.1) is 5.41 Å². The van der Waals surface area contributed by atoms with E-state index >= 15 is 0 Å². The molecule has 23 heavy (non-hydrogen) atoms. The van der Waals surface area contributed by atoms with Crippen LogP contribution < -0.4 is 5.73 Å². The molecule has 0 aliphatic carbocycles. The fraction of sp³-hybridized carbons (Fsp3) is 0.444. The van der Waals surface area contributed by atoms with Gasteiger partial charge in [0.1, 0.15) is 6.29 Å². The third kappa shape index (κ3) is 6.55. The van der Waals surface area contributed by atoms with Crippen LogP contribution in [0.3, 0.4) is 0 Å². The van der Waals surface area contributed by atoms with Gasteiger partial charge in [-0.2, -0.15) is 4.58 Å². The van der Waals surface area contributed by atoms with E-state index in [1.807, 2.05) is 43.5 Å². The number of carbonyl (C=O) groups excluding carboxylic acids is 3. The summed E-state index contributed by atoms with van der Waals surface area (Å²) in [5.41, 5.74) is 6.15. The van der Waals surface area contributed by atoms with E-state index in [-0.39, 0.29) is 17.2 Å². The highest BCUT2D eigenvalue weighted by molar-refractivity contribution is 5.82. The Bertz CT molecular complexity index is 581. The molecule has 2 rings (SSSR count). The van der Waals surface area contributed by atoms with Gasteiger partial charge in [-0.05, 0) is 25.8 Å². The van der Waals surface area contributed by atoms with E-state index in [0.717, 1.165) is 19.1 Å². The minimum Gasteiger partial charge on any atom is -0.370 e. The first-order chi connectivity index (χ1) is 10.9. The standard InChI is InChI=1S/C16H20N2O2.C2H4O/c1-16(11-14(17)19)9-10-18(12-16)15(20)8-7-13-5-3-2-4-6-13;1-2-3/h2-6,12H,7-11H2,1H3,(H-,17,19);2H,1H3/p+1. The highest BCUT2D eigenvalue weighted by atomic mass is 16.2. The highest BCUT2D eigenvalue weighted by Crippen LogP contribution is 2.27. The van der Waals surface area contributed by atoms with E-state index in [1.165, 1.54) is 12.5 Å². The molecule has 1 atom stereocenters. The Labute approximate surface area is 137 Å². The van der Waals surface area contributed by atoms with Crippen LogP contribution in [0.1, 0.15) is 38.7 Å². The molecule has 2 amide bonds. The molecule has 1 aliphatic rings. The lowest BCUT2D eigenvalue weighted by atomic mass is 9.86. The van der Waals surface area contributed by atoms with Gasteiger partial charge in [0.05, 0.1) is 11.8 Å². The quantitative estimate of drug-likeness (QED) is 0.663. The highest BCUT2D eigenvalue weighted by Gasteiger charge is 2.38. The molecule has 1 aromatic carbocycles. The number of aryl methyl sites for hydroxylation is 1. The van der Waals surface area contributed by atoms with Crippen molar-refractivity contribution in [3.8, 4) is 0 Å². The predicted octanol–water partition coefficient (Wildman–Crippen LogP) is 1.72. The SMILES string of the molecule is CC1(CC(N)=O)C=[N+](C(=O)CCc2ccccc2)CC1.CC=O. The number of amides is 2. The van der Waals surface area contributed by atoms with Crippen LogP contribution in [0.2, 0.25) is 0 Å². The summed E-state index contributed by atoms with van der Waals surface area (Å²) in [4.78, 5) is 32.0. The lowest BCUT2D eigenvalue weighted by Gasteiger charge is -2.12. The zero-order chi connectivity index (χ0) is 17.3. The Morgan fingerprint density at radius 3 is 2.48 bits per heavy atom. The minimum absolute atomic E-state index is 0.113. The van der Waals surface area contributed by atoms with E-state index in [4.69, 9.17) is 10.5 Å². The van der Waals surface area contributed by atoms with Crippen molar-refractivity contribution in [1.82, 2.24) is 0 Å². The van der Waals surface area contributed by atoms with Crippen molar-refractivity contribution in [2.45, 2.75) is 39.5 Å². The Kier molecular flexibility index (Phi) is 7.32. The summed E-state index contributed by atoms with van der Waals surface area (Å²) in [5, 5.41) is 0. The zero-order valence-electron chi connectivity index (χ0n) is 13.8. The van der Waals surface area contributed by atoms with Crippen LogP contribution in [0.15, 0.2) is 30.3 Å². The molecule has 1 aliphatic heterocycles. The topological polar surface area (TPSA) is 80.2 Å². The first-order valence-electron chi connectivity index (χ1n) is 7.78. The van der Waals surface area contributed by atoms with Crippen molar-refractivity contribution in [3.63, 3.8) is 0 Å². The van der Waals surface area contributed by atoms with Gasteiger partial charge in [-0.1, -0.05) is 30.3 Å². The van der Waals surface area contributed by atoms with Crippen molar-refractivity contribution >= 4 is 24.3 Å². The smallest absolute Gasteiger partial charge is 0.370 e. The van der Waals surface area contributed by atoms with E-state index in [0.29, 0.717) is 19.4 Å². The maximum atomic E-state index is 12.2. The minimum atomic E-state index is -0.317. The van der Waals surface area contributed by atoms with Crippen molar-refractivity contribution in [3.05, 3.63) is 35.9 Å². The van der Waals surface area contributed by atoms with Gasteiger partial charge >= 0.3 is 5.91 Å². The zero-order valence-corrected chi connectivity index (χ0v) is 13.8. The van der Waals surface area contributed by atoms with E-state index in [9.17, 15) is 9.59 Å². The molecule has 0 saturated carbocycles. The number of aldehydes is 1. The van der Waals surface area contributed by atoms with Gasteiger partial charge in [0.25, 0.3) is 0 Å². The number of benzene rings is 1. The molecular formula is C18H25N2O3+. The average Bonchev–Trinajstić information content (AvgIpc) is 2.88. The molecule has 5 nitrogen and oxygen atoms in total. The third-order valence-electron chi connectivity index (χ3n) is 3.76. The first-order valence-corrected chi connectivity index (χ1v) is 7.78. The second kappa shape index (κ2) is 8.98. The summed E-state index contributed by atoms with van der Waals surface area (Å²) in [6.07, 6.45) is 4.97. The monoisotopic (exact) mass is 317 g/mol. The van der Waals surface area contributed by atoms with Gasteiger partial charge in [0, 0.05) is 12.8 Å². The molecule has 1 unspecified atom stereocenters. The molecule has 124 valence electrons. The number of hydrogen-bond acceptors (Lipinski definition) is 3. The van der Waals surface area contributed by atoms with Gasteiger partial charge in [-0.3, -0.25) is 4.79 Å². The molecule has 0 radical (unpaired) electrons. The number of hydrogen-bond donors (Lipinski definition) is 1. The van der Waals surface area contributed by atoms with Gasteiger partial charge in [-0.25, -0.2) is 4.79 Å².